The van der Waals surface area contributed by atoms with Crippen molar-refractivity contribution < 1.29 is 62.3 Å². The first-order valence-corrected chi connectivity index (χ1v) is 53.5. The fourth-order valence-corrected chi connectivity index (χ4v) is 18.6. The summed E-state index contributed by atoms with van der Waals surface area (Å²) in [6.07, 6.45) is 8.84. The maximum atomic E-state index is 13.9. The van der Waals surface area contributed by atoms with Crippen LogP contribution in [0.15, 0.2) is 182 Å². The first-order chi connectivity index (χ1) is 68.2. The summed E-state index contributed by atoms with van der Waals surface area (Å²) in [5.74, 6) is -0.337. The number of ether oxygens (including phenoxy) is 1. The topological polar surface area (TPSA) is 446 Å². The average molecular weight is 2000 g/mol. The van der Waals surface area contributed by atoms with Crippen LogP contribution in [0.2, 0.25) is 0 Å². The molecule has 3 fully saturated rings. The van der Waals surface area contributed by atoms with E-state index in [2.05, 4.69) is 91.5 Å². The number of nitrogens with one attached hydrogen (secondary N) is 12. The largest absolute Gasteiger partial charge is 0.380 e. The number of thioether (sulfide) groups is 2. The maximum Gasteiger partial charge on any atom is 0.245 e. The van der Waals surface area contributed by atoms with Gasteiger partial charge in [-0.3, -0.25) is 57.5 Å². The normalized spacial score (nSPS) is 16.0. The zero-order chi connectivity index (χ0) is 103. The zero-order valence-electron chi connectivity index (χ0n) is 85.7. The molecule has 3 saturated heterocycles. The second kappa shape index (κ2) is 66.3. The quantitative estimate of drug-likeness (QED) is 0.0163. The van der Waals surface area contributed by atoms with Crippen LogP contribution in [-0.2, 0) is 101 Å². The first kappa shape index (κ1) is 118. The molecule has 12 atom stereocenters. The van der Waals surface area contributed by atoms with Crippen molar-refractivity contribution in [2.24, 2.45) is 35.0 Å². The molecule has 780 valence electrons. The number of amides is 12. The van der Waals surface area contributed by atoms with Gasteiger partial charge < -0.3 is 100 Å². The summed E-state index contributed by atoms with van der Waals surface area (Å²) < 4.78 is 5.55. The van der Waals surface area contributed by atoms with E-state index in [1.807, 2.05) is 264 Å². The Morgan fingerprint density at radius 1 is 0.289 bits per heavy atom. The highest BCUT2D eigenvalue weighted by Crippen LogP contribution is 2.21. The molecule has 6 aromatic rings. The molecular formula is C109H164N18O13S2. The van der Waals surface area contributed by atoms with Crippen LogP contribution in [0, 0.1) is 17.8 Å². The molecule has 31 nitrogen and oxygen atoms in total. The molecule has 3 aliphatic rings. The minimum atomic E-state index is -0.971. The van der Waals surface area contributed by atoms with Crippen LogP contribution in [-0.4, -0.2) is 272 Å². The Morgan fingerprint density at radius 2 is 0.535 bits per heavy atom. The summed E-state index contributed by atoms with van der Waals surface area (Å²) in [6, 6.07) is 46.9. The summed E-state index contributed by atoms with van der Waals surface area (Å²) in [6.45, 7) is 27.0. The van der Waals surface area contributed by atoms with E-state index >= 15 is 0 Å². The Labute approximate surface area is 852 Å². The molecule has 142 heavy (non-hydrogen) atoms. The van der Waals surface area contributed by atoms with E-state index in [1.54, 1.807) is 4.90 Å². The number of hydrogen-bond donors (Lipinski definition) is 15. The summed E-state index contributed by atoms with van der Waals surface area (Å²) in [5.41, 5.74) is 24.1. The van der Waals surface area contributed by atoms with E-state index in [1.165, 1.54) is 0 Å². The SMILES string of the molecule is CC(C)C[C@@H](NC(=O)[C@@H](Cc1ccccc1)NC(=O)[C@H](N)Cc1ccccc1)C(=O)N[C@H](CCCNC(C)C)C(=O)N1CCCOCC1.CC(C)C[C@@H](NC(=O)[C@@H](Cc1ccccc1)NC(=O)[C@H](N)Cc1ccccc1)C(=O)N[C@H](CCCNC(C)C)C(=O)N1CCCSCC1.CNCCC[C@@H](NC(=O)[C@@H](CC(C)C)NC(=O)[C@@H](Cc1ccccc1)NC(=O)[C@H](N)Cc1ccccc1)C(=O)N1CCCSCC1. The number of benzene rings is 6. The number of nitrogens with zero attached hydrogens (tertiary/aromatic N) is 3. The van der Waals surface area contributed by atoms with E-state index in [0.29, 0.717) is 148 Å². The number of hydrogen-bond acceptors (Lipinski definition) is 21. The van der Waals surface area contributed by atoms with E-state index in [0.717, 1.165) is 88.7 Å². The molecular weight excluding hydrogens is 1830 g/mol. The lowest BCUT2D eigenvalue weighted by Crippen LogP contribution is -2.58. The van der Waals surface area contributed by atoms with Gasteiger partial charge in [0, 0.05) is 88.7 Å². The van der Waals surface area contributed by atoms with Gasteiger partial charge >= 0.3 is 0 Å². The van der Waals surface area contributed by atoms with Crippen LogP contribution < -0.4 is 81.0 Å². The van der Waals surface area contributed by atoms with Crippen molar-refractivity contribution in [2.45, 2.75) is 269 Å². The van der Waals surface area contributed by atoms with Crippen molar-refractivity contribution in [3.8, 4) is 0 Å². The van der Waals surface area contributed by atoms with Crippen LogP contribution in [0.3, 0.4) is 0 Å². The maximum absolute atomic E-state index is 13.9. The molecule has 18 N–H and O–H groups in total. The highest BCUT2D eigenvalue weighted by molar-refractivity contribution is 7.99. The average Bonchev–Trinajstić information content (AvgIpc) is 1.18. The van der Waals surface area contributed by atoms with Gasteiger partial charge in [0.05, 0.1) is 24.7 Å². The van der Waals surface area contributed by atoms with Crippen molar-refractivity contribution in [2.75, 3.05) is 102 Å². The third-order valence-electron chi connectivity index (χ3n) is 24.5. The van der Waals surface area contributed by atoms with Crippen molar-refractivity contribution in [3.05, 3.63) is 215 Å². The first-order valence-electron chi connectivity index (χ1n) is 51.2. The molecule has 0 radical (unpaired) electrons. The Kier molecular flexibility index (Phi) is 55.3. The molecule has 3 heterocycles. The zero-order valence-corrected chi connectivity index (χ0v) is 87.3. The Hall–Kier alpha value is -10.6. The van der Waals surface area contributed by atoms with Gasteiger partial charge in [-0.25, -0.2) is 0 Å². The second-order valence-corrected chi connectivity index (χ2v) is 41.5. The van der Waals surface area contributed by atoms with Gasteiger partial charge in [0.1, 0.15) is 54.4 Å². The molecule has 0 saturated carbocycles. The molecule has 6 aromatic carbocycles. The highest BCUT2D eigenvalue weighted by atomic mass is 32.2. The van der Waals surface area contributed by atoms with Crippen molar-refractivity contribution in [1.29, 1.82) is 0 Å². The van der Waals surface area contributed by atoms with Crippen molar-refractivity contribution >= 4 is 94.4 Å². The van der Waals surface area contributed by atoms with Gasteiger partial charge in [0.2, 0.25) is 70.9 Å². The van der Waals surface area contributed by atoms with Crippen LogP contribution in [0.1, 0.15) is 180 Å². The predicted octanol–water partition coefficient (Wildman–Crippen LogP) is 7.63. The van der Waals surface area contributed by atoms with E-state index in [-0.39, 0.29) is 54.7 Å². The molecule has 0 spiro atoms. The van der Waals surface area contributed by atoms with E-state index in [4.69, 9.17) is 21.9 Å². The number of carbonyl (C=O) groups is 12. The fourth-order valence-electron chi connectivity index (χ4n) is 16.8. The molecule has 33 heteroatoms. The molecule has 3 aliphatic heterocycles. The second-order valence-electron chi connectivity index (χ2n) is 39.0. The molecule has 12 amide bonds. The number of carbonyl (C=O) groups excluding carboxylic acids is 12. The Bertz CT molecular complexity index is 4490. The van der Waals surface area contributed by atoms with Crippen molar-refractivity contribution in [3.63, 3.8) is 0 Å². The third kappa shape index (κ3) is 46.0. The lowest BCUT2D eigenvalue weighted by molar-refractivity contribution is -0.138. The predicted molar refractivity (Wildman–Crippen MR) is 568 cm³/mol. The Balaban J connectivity index is 0.000000289. The van der Waals surface area contributed by atoms with Gasteiger partial charge in [0.15, 0.2) is 0 Å². The number of rotatable bonds is 53. The third-order valence-corrected chi connectivity index (χ3v) is 26.6. The standard InChI is InChI=1S/C37H56N6O5.C37H56N6O4S.C35H52N6O4S/c2*1-26(2)23-32(35(45)40-31(17-11-18-39-27(3)4)37(47)43-19-12-21-48-22-20-43)42-36(46)33(25-29-15-9-6-10-16-29)41-34(44)30(38)24-28-13-7-5-8-14-28;1-25(2)22-30(33(43)38-29(16-10-17-37-3)35(45)41-18-11-20-46-21-19-41)40-34(44)31(24-27-14-8-5-9-15-27)39-32(42)28(36)23-26-12-6-4-7-13-26/h2*5-10,13-16,26-27,30-33,39H,11-12,17-25,38H2,1-4H3,(H,40,45)(H,41,44)(H,42,46);4-9,12-15,25,28-31,37H,10-11,16-24,36H2,1-3H3,(H,38,43)(H,39,42)(H,40,44)/t2*30-,31-,32-,33-;28-,29-,30-,31-/m111/s1. The van der Waals surface area contributed by atoms with Crippen LogP contribution >= 0.6 is 23.5 Å². The van der Waals surface area contributed by atoms with E-state index < -0.39 is 126 Å². The van der Waals surface area contributed by atoms with Gasteiger partial charge in [-0.05, 0) is 186 Å². The monoisotopic (exact) mass is 2000 g/mol. The minimum Gasteiger partial charge on any atom is -0.380 e. The molecule has 9 rings (SSSR count). The van der Waals surface area contributed by atoms with Crippen molar-refractivity contribution in [1.82, 2.24) is 78.5 Å². The molecule has 0 aromatic heterocycles. The smallest absolute Gasteiger partial charge is 0.245 e. The highest BCUT2D eigenvalue weighted by Gasteiger charge is 2.38. The van der Waals surface area contributed by atoms with Gasteiger partial charge in [-0.2, -0.15) is 23.5 Å². The molecule has 0 unspecified atom stereocenters. The number of nitrogens with two attached hydrogens (primary N) is 3. The fraction of sp³-hybridized carbons (Fsp3) is 0.560. The van der Waals surface area contributed by atoms with Crippen LogP contribution in [0.5, 0.6) is 0 Å². The minimum absolute atomic E-state index is 0.0645. The summed E-state index contributed by atoms with van der Waals surface area (Å²) in [7, 11) is 1.86. The lowest BCUT2D eigenvalue weighted by Gasteiger charge is -2.29. The molecule has 0 bridgehead atoms. The Morgan fingerprint density at radius 3 is 0.810 bits per heavy atom. The molecule has 0 aliphatic carbocycles. The van der Waals surface area contributed by atoms with Gasteiger partial charge in [0.25, 0.3) is 0 Å². The summed E-state index contributed by atoms with van der Waals surface area (Å²) >= 11 is 3.67. The van der Waals surface area contributed by atoms with Gasteiger partial charge in [-0.15, -0.1) is 0 Å². The summed E-state index contributed by atoms with van der Waals surface area (Å²) in [4.78, 5) is 170. The van der Waals surface area contributed by atoms with E-state index in [9.17, 15) is 57.5 Å². The van der Waals surface area contributed by atoms with Crippen LogP contribution in [0.25, 0.3) is 0 Å². The lowest BCUT2D eigenvalue weighted by atomic mass is 9.99. The van der Waals surface area contributed by atoms with Crippen LogP contribution in [0.4, 0.5) is 0 Å². The van der Waals surface area contributed by atoms with Gasteiger partial charge in [-0.1, -0.05) is 251 Å². The summed E-state index contributed by atoms with van der Waals surface area (Å²) in [5, 5.41) is 36.2.